The molecule has 0 saturated carbocycles. The van der Waals surface area contributed by atoms with Gasteiger partial charge in [-0.2, -0.15) is 0 Å². The number of carboxylic acids is 1. The summed E-state index contributed by atoms with van der Waals surface area (Å²) >= 11 is 1.03. The first kappa shape index (κ1) is 17.0. The monoisotopic (exact) mass is 321 g/mol. The number of nitrogens with zero attached hydrogens (tertiary/aromatic N) is 3. The van der Waals surface area contributed by atoms with Gasteiger partial charge in [0.2, 0.25) is 0 Å². The molecule has 1 N–H and O–H groups in total. The van der Waals surface area contributed by atoms with Crippen LogP contribution in [-0.4, -0.2) is 46.3 Å². The number of hydrogen-bond acceptors (Lipinski definition) is 6. The van der Waals surface area contributed by atoms with Gasteiger partial charge in [-0.1, -0.05) is 11.8 Å². The average Bonchev–Trinajstić information content (AvgIpc) is 2.68. The van der Waals surface area contributed by atoms with Gasteiger partial charge in [-0.3, -0.25) is 4.79 Å². The number of thioether (sulfide) groups is 1. The van der Waals surface area contributed by atoms with Crippen molar-refractivity contribution in [1.29, 1.82) is 0 Å². The largest absolute Gasteiger partial charge is 0.481 e. The van der Waals surface area contributed by atoms with E-state index < -0.39 is 20.6 Å². The summed E-state index contributed by atoms with van der Waals surface area (Å²) in [5, 5.41) is 17.0. The van der Waals surface area contributed by atoms with Crippen molar-refractivity contribution in [3.8, 4) is 0 Å². The van der Waals surface area contributed by atoms with Crippen molar-refractivity contribution >= 4 is 27.6 Å². The maximum Gasteiger partial charge on any atom is 0.313 e. The van der Waals surface area contributed by atoms with Gasteiger partial charge in [-0.05, 0) is 27.7 Å². The van der Waals surface area contributed by atoms with Crippen LogP contribution in [0.25, 0.3) is 0 Å². The Morgan fingerprint density at radius 1 is 1.40 bits per heavy atom. The lowest BCUT2D eigenvalue weighted by Crippen LogP contribution is -2.32. The molecule has 0 unspecified atom stereocenters. The van der Waals surface area contributed by atoms with E-state index in [1.807, 2.05) is 13.8 Å². The molecule has 0 aliphatic carbocycles. The van der Waals surface area contributed by atoms with Crippen LogP contribution in [0.1, 0.15) is 39.6 Å². The fourth-order valence-electron chi connectivity index (χ4n) is 1.54. The zero-order valence-electron chi connectivity index (χ0n) is 12.1. The highest BCUT2D eigenvalue weighted by molar-refractivity contribution is 7.99. The molecular formula is C11H19N3O4S2. The molecule has 0 bridgehead atoms. The van der Waals surface area contributed by atoms with Crippen molar-refractivity contribution < 1.29 is 18.3 Å². The van der Waals surface area contributed by atoms with E-state index in [0.717, 1.165) is 18.0 Å². The van der Waals surface area contributed by atoms with Gasteiger partial charge in [0.15, 0.2) is 20.8 Å². The van der Waals surface area contributed by atoms with Crippen molar-refractivity contribution in [3.05, 3.63) is 5.82 Å². The molecule has 20 heavy (non-hydrogen) atoms. The van der Waals surface area contributed by atoms with Crippen LogP contribution in [0.15, 0.2) is 5.16 Å². The van der Waals surface area contributed by atoms with E-state index in [1.54, 1.807) is 18.4 Å². The molecule has 1 aromatic rings. The van der Waals surface area contributed by atoms with Crippen LogP contribution in [0.3, 0.4) is 0 Å². The van der Waals surface area contributed by atoms with Crippen molar-refractivity contribution in [2.24, 2.45) is 0 Å². The molecule has 0 aliphatic heterocycles. The van der Waals surface area contributed by atoms with Gasteiger partial charge >= 0.3 is 5.97 Å². The molecular weight excluding hydrogens is 302 g/mol. The lowest BCUT2D eigenvalue weighted by molar-refractivity contribution is -0.133. The van der Waals surface area contributed by atoms with Gasteiger partial charge in [0, 0.05) is 12.3 Å². The fraction of sp³-hybridized carbons (Fsp3) is 0.727. The molecule has 1 heterocycles. The first-order valence-electron chi connectivity index (χ1n) is 5.98. The van der Waals surface area contributed by atoms with Crippen LogP contribution < -0.4 is 0 Å². The van der Waals surface area contributed by atoms with Gasteiger partial charge in [0.05, 0.1) is 5.75 Å². The molecule has 0 amide bonds. The number of aromatic nitrogens is 3. The van der Waals surface area contributed by atoms with Gasteiger partial charge in [-0.25, -0.2) is 8.42 Å². The Hall–Kier alpha value is -1.09. The van der Waals surface area contributed by atoms with Crippen molar-refractivity contribution in [2.75, 3.05) is 12.0 Å². The molecule has 0 aliphatic rings. The molecule has 0 radical (unpaired) electrons. The van der Waals surface area contributed by atoms with Gasteiger partial charge in [0.1, 0.15) is 4.75 Å². The van der Waals surface area contributed by atoms with E-state index in [2.05, 4.69) is 10.2 Å². The van der Waals surface area contributed by atoms with E-state index in [1.165, 1.54) is 0 Å². The fourth-order valence-corrected chi connectivity index (χ4v) is 2.80. The summed E-state index contributed by atoms with van der Waals surface area (Å²) in [6.45, 7) is 6.87. The summed E-state index contributed by atoms with van der Waals surface area (Å²) in [7, 11) is -3.38. The molecule has 0 fully saturated rings. The lowest BCUT2D eigenvalue weighted by Gasteiger charge is -2.24. The topological polar surface area (TPSA) is 102 Å². The minimum absolute atomic E-state index is 0.0719. The maximum atomic E-state index is 11.9. The lowest BCUT2D eigenvalue weighted by atomic mass is 10.2. The average molecular weight is 321 g/mol. The summed E-state index contributed by atoms with van der Waals surface area (Å²) in [6.07, 6.45) is 1.15. The van der Waals surface area contributed by atoms with E-state index in [9.17, 15) is 13.2 Å². The Balaban J connectivity index is 3.33. The van der Waals surface area contributed by atoms with Crippen molar-refractivity contribution in [3.63, 3.8) is 0 Å². The molecule has 9 heteroatoms. The number of rotatable bonds is 6. The standard InChI is InChI=1S/C11H19N3O4S2/c1-7(2)14-9(11(3,4)20(5,17)18)12-13-10(14)19-6-8(15)16/h7H,6H2,1-5H3,(H,15,16). The first-order chi connectivity index (χ1) is 8.98. The van der Waals surface area contributed by atoms with Crippen LogP contribution >= 0.6 is 11.8 Å². The molecule has 0 saturated heterocycles. The van der Waals surface area contributed by atoms with Crippen molar-refractivity contribution in [2.45, 2.75) is 43.6 Å². The van der Waals surface area contributed by atoms with E-state index in [0.29, 0.717) is 11.0 Å². The van der Waals surface area contributed by atoms with Gasteiger partial charge in [-0.15, -0.1) is 10.2 Å². The SMILES string of the molecule is CC(C)n1c(SCC(=O)O)nnc1C(C)(C)S(C)(=O)=O. The highest BCUT2D eigenvalue weighted by Crippen LogP contribution is 2.32. The Kier molecular flexibility index (Phi) is 4.86. The van der Waals surface area contributed by atoms with Crippen LogP contribution in [0.2, 0.25) is 0 Å². The summed E-state index contributed by atoms with van der Waals surface area (Å²) in [6, 6.07) is -0.0719. The molecule has 1 aromatic heterocycles. The molecule has 0 aromatic carbocycles. The highest BCUT2D eigenvalue weighted by Gasteiger charge is 2.38. The Labute approximate surface area is 122 Å². The second-order valence-corrected chi connectivity index (χ2v) is 8.74. The third-order valence-electron chi connectivity index (χ3n) is 2.97. The van der Waals surface area contributed by atoms with E-state index in [-0.39, 0.29) is 11.8 Å². The van der Waals surface area contributed by atoms with Gasteiger partial charge < -0.3 is 9.67 Å². The molecule has 114 valence electrons. The Morgan fingerprint density at radius 3 is 2.35 bits per heavy atom. The maximum absolute atomic E-state index is 11.9. The van der Waals surface area contributed by atoms with Crippen LogP contribution in [0.4, 0.5) is 0 Å². The number of hydrogen-bond donors (Lipinski definition) is 1. The van der Waals surface area contributed by atoms with E-state index >= 15 is 0 Å². The minimum Gasteiger partial charge on any atom is -0.481 e. The first-order valence-corrected chi connectivity index (χ1v) is 8.85. The number of aliphatic carboxylic acids is 1. The number of carbonyl (C=O) groups is 1. The third kappa shape index (κ3) is 3.32. The second-order valence-electron chi connectivity index (χ2n) is 5.23. The molecule has 0 atom stereocenters. The summed E-state index contributed by atoms with van der Waals surface area (Å²) in [5.41, 5.74) is 0. The predicted octanol–water partition coefficient (Wildman–Crippen LogP) is 1.32. The predicted molar refractivity (Wildman–Crippen MR) is 76.6 cm³/mol. The number of sulfone groups is 1. The second kappa shape index (κ2) is 5.72. The quantitative estimate of drug-likeness (QED) is 0.788. The number of carboxylic acid groups (broad SMARTS) is 1. The van der Waals surface area contributed by atoms with Crippen LogP contribution in [0, 0.1) is 0 Å². The molecule has 1 rings (SSSR count). The van der Waals surface area contributed by atoms with Crippen LogP contribution in [-0.2, 0) is 19.4 Å². The molecule has 0 spiro atoms. The normalized spacial score (nSPS) is 12.9. The smallest absolute Gasteiger partial charge is 0.313 e. The zero-order valence-corrected chi connectivity index (χ0v) is 13.7. The summed E-state index contributed by atoms with van der Waals surface area (Å²) in [5.74, 6) is -0.787. The summed E-state index contributed by atoms with van der Waals surface area (Å²) in [4.78, 5) is 10.6. The van der Waals surface area contributed by atoms with Crippen molar-refractivity contribution in [1.82, 2.24) is 14.8 Å². The zero-order chi connectivity index (χ0) is 15.7. The Bertz CT molecular complexity index is 605. The van der Waals surface area contributed by atoms with E-state index in [4.69, 9.17) is 5.11 Å². The third-order valence-corrected chi connectivity index (χ3v) is 5.94. The Morgan fingerprint density at radius 2 is 1.95 bits per heavy atom. The minimum atomic E-state index is -3.38. The van der Waals surface area contributed by atoms with Gasteiger partial charge in [0.25, 0.3) is 0 Å². The highest BCUT2D eigenvalue weighted by atomic mass is 32.2. The molecule has 7 nitrogen and oxygen atoms in total. The summed E-state index contributed by atoms with van der Waals surface area (Å²) < 4.78 is 24.3. The van der Waals surface area contributed by atoms with Crippen LogP contribution in [0.5, 0.6) is 0 Å².